The molecule has 14 heavy (non-hydrogen) atoms. The van der Waals surface area contributed by atoms with Crippen LogP contribution >= 0.6 is 11.6 Å². The van der Waals surface area contributed by atoms with Gasteiger partial charge in [0.15, 0.2) is 0 Å². The molecule has 0 radical (unpaired) electrons. The van der Waals surface area contributed by atoms with Crippen molar-refractivity contribution in [3.8, 4) is 0 Å². The first kappa shape index (κ1) is 8.90. The minimum Gasteiger partial charge on any atom is -0.465 e. The van der Waals surface area contributed by atoms with Gasteiger partial charge in [0.25, 0.3) is 0 Å². The fourth-order valence-corrected chi connectivity index (χ4v) is 1.48. The molecule has 2 rings (SSSR count). The number of H-pyrrole nitrogens is 1. The molecule has 5 heteroatoms. The summed E-state index contributed by atoms with van der Waals surface area (Å²) >= 11 is 5.80. The lowest BCUT2D eigenvalue weighted by molar-refractivity contribution is 0.210. The molecule has 1 aromatic heterocycles. The molecule has 1 aromatic carbocycles. The Bertz CT molecular complexity index is 493. The lowest BCUT2D eigenvalue weighted by Crippen LogP contribution is -2.06. The predicted octanol–water partition coefficient (Wildman–Crippen LogP) is 2.91. The number of fused-ring (bicyclic) bond motifs is 1. The van der Waals surface area contributed by atoms with Gasteiger partial charge >= 0.3 is 6.09 Å². The first-order valence-electron chi connectivity index (χ1n) is 3.93. The lowest BCUT2D eigenvalue weighted by Gasteiger charge is -1.97. The molecule has 0 fully saturated rings. The maximum Gasteiger partial charge on any atom is 0.409 e. The largest absolute Gasteiger partial charge is 0.465 e. The smallest absolute Gasteiger partial charge is 0.409 e. The molecule has 2 aromatic rings. The molecule has 1 heterocycles. The van der Waals surface area contributed by atoms with E-state index in [0.717, 1.165) is 10.9 Å². The number of hydrogen-bond donors (Lipinski definition) is 3. The Kier molecular flexibility index (Phi) is 2.05. The zero-order chi connectivity index (χ0) is 10.1. The van der Waals surface area contributed by atoms with E-state index in [1.807, 2.05) is 0 Å². The van der Waals surface area contributed by atoms with Gasteiger partial charge in [0.05, 0.1) is 5.69 Å². The van der Waals surface area contributed by atoms with Crippen molar-refractivity contribution in [3.05, 3.63) is 29.4 Å². The van der Waals surface area contributed by atoms with Crippen LogP contribution in [-0.2, 0) is 0 Å². The van der Waals surface area contributed by atoms with Gasteiger partial charge in [-0.3, -0.25) is 5.32 Å². The molecule has 72 valence electrons. The summed E-state index contributed by atoms with van der Waals surface area (Å²) in [6.45, 7) is 0. The number of rotatable bonds is 1. The van der Waals surface area contributed by atoms with E-state index >= 15 is 0 Å². The lowest BCUT2D eigenvalue weighted by atomic mass is 10.2. The van der Waals surface area contributed by atoms with Crippen LogP contribution in [0.15, 0.2) is 24.4 Å². The van der Waals surface area contributed by atoms with Crippen LogP contribution in [-0.4, -0.2) is 16.2 Å². The second-order valence-electron chi connectivity index (χ2n) is 2.82. The average molecular weight is 211 g/mol. The highest BCUT2D eigenvalue weighted by molar-refractivity contribution is 6.31. The number of halogens is 1. The monoisotopic (exact) mass is 210 g/mol. The zero-order valence-corrected chi connectivity index (χ0v) is 7.80. The molecule has 0 atom stereocenters. The standard InChI is InChI=1S/C9H7ClN2O2/c10-5-1-2-7-6(3-5)8(4-11-7)12-9(13)14/h1-4,11-12H,(H,13,14). The molecule has 0 spiro atoms. The SMILES string of the molecule is O=C(O)Nc1c[nH]c2ccc(Cl)cc12. The highest BCUT2D eigenvalue weighted by atomic mass is 35.5. The second-order valence-corrected chi connectivity index (χ2v) is 3.26. The molecule has 0 saturated carbocycles. The summed E-state index contributed by atoms with van der Waals surface area (Å²) < 4.78 is 0. The van der Waals surface area contributed by atoms with E-state index in [0.29, 0.717) is 10.7 Å². The minimum absolute atomic E-state index is 0.509. The Balaban J connectivity index is 2.55. The third-order valence-electron chi connectivity index (χ3n) is 1.89. The number of amides is 1. The van der Waals surface area contributed by atoms with Gasteiger partial charge in [0.1, 0.15) is 0 Å². The van der Waals surface area contributed by atoms with Crippen LogP contribution in [0.5, 0.6) is 0 Å². The Labute approximate surface area is 84.5 Å². The summed E-state index contributed by atoms with van der Waals surface area (Å²) in [7, 11) is 0. The maximum atomic E-state index is 10.4. The summed E-state index contributed by atoms with van der Waals surface area (Å²) in [5.41, 5.74) is 1.35. The predicted molar refractivity (Wildman–Crippen MR) is 55.0 cm³/mol. The van der Waals surface area contributed by atoms with Crippen molar-refractivity contribution < 1.29 is 9.90 Å². The molecule has 0 aliphatic rings. The van der Waals surface area contributed by atoms with Gasteiger partial charge in [-0.25, -0.2) is 4.79 Å². The first-order chi connectivity index (χ1) is 6.66. The summed E-state index contributed by atoms with van der Waals surface area (Å²) in [6, 6.07) is 5.24. The van der Waals surface area contributed by atoms with E-state index in [-0.39, 0.29) is 0 Å². The number of nitrogens with one attached hydrogen (secondary N) is 2. The number of anilines is 1. The van der Waals surface area contributed by atoms with E-state index in [1.165, 1.54) is 0 Å². The van der Waals surface area contributed by atoms with Gasteiger partial charge in [-0.05, 0) is 18.2 Å². The van der Waals surface area contributed by atoms with Crippen molar-refractivity contribution in [2.24, 2.45) is 0 Å². The number of carbonyl (C=O) groups is 1. The number of carboxylic acid groups (broad SMARTS) is 1. The highest BCUT2D eigenvalue weighted by Gasteiger charge is 2.05. The van der Waals surface area contributed by atoms with Gasteiger partial charge in [-0.2, -0.15) is 0 Å². The summed E-state index contributed by atoms with van der Waals surface area (Å²) in [5, 5.41) is 12.2. The van der Waals surface area contributed by atoms with Gasteiger partial charge < -0.3 is 10.1 Å². The average Bonchev–Trinajstić information content (AvgIpc) is 2.47. The van der Waals surface area contributed by atoms with E-state index in [2.05, 4.69) is 10.3 Å². The van der Waals surface area contributed by atoms with Crippen LogP contribution in [0.3, 0.4) is 0 Å². The van der Waals surface area contributed by atoms with Crippen LogP contribution in [0.25, 0.3) is 10.9 Å². The quantitative estimate of drug-likeness (QED) is 0.678. The Morgan fingerprint density at radius 1 is 1.50 bits per heavy atom. The van der Waals surface area contributed by atoms with E-state index in [1.54, 1.807) is 24.4 Å². The molecule has 3 N–H and O–H groups in total. The van der Waals surface area contributed by atoms with Crippen molar-refractivity contribution >= 4 is 34.3 Å². The Hall–Kier alpha value is -1.68. The Morgan fingerprint density at radius 2 is 2.29 bits per heavy atom. The van der Waals surface area contributed by atoms with Gasteiger partial charge in [-0.15, -0.1) is 0 Å². The van der Waals surface area contributed by atoms with Crippen molar-refractivity contribution in [1.29, 1.82) is 0 Å². The highest BCUT2D eigenvalue weighted by Crippen LogP contribution is 2.25. The molecule has 1 amide bonds. The molecular formula is C9H7ClN2O2. The zero-order valence-electron chi connectivity index (χ0n) is 7.04. The van der Waals surface area contributed by atoms with Crippen molar-refractivity contribution in [1.82, 2.24) is 4.98 Å². The first-order valence-corrected chi connectivity index (χ1v) is 4.31. The molecular weight excluding hydrogens is 204 g/mol. The summed E-state index contributed by atoms with van der Waals surface area (Å²) in [5.74, 6) is 0. The van der Waals surface area contributed by atoms with Crippen LogP contribution in [0.2, 0.25) is 5.02 Å². The third-order valence-corrected chi connectivity index (χ3v) is 2.12. The number of benzene rings is 1. The minimum atomic E-state index is -1.09. The molecule has 0 aliphatic heterocycles. The fraction of sp³-hybridized carbons (Fsp3) is 0. The molecule has 0 unspecified atom stereocenters. The van der Waals surface area contributed by atoms with E-state index in [4.69, 9.17) is 16.7 Å². The van der Waals surface area contributed by atoms with E-state index in [9.17, 15) is 4.79 Å². The van der Waals surface area contributed by atoms with Crippen LogP contribution in [0, 0.1) is 0 Å². The Morgan fingerprint density at radius 3 is 3.00 bits per heavy atom. The normalized spacial score (nSPS) is 10.4. The van der Waals surface area contributed by atoms with Crippen molar-refractivity contribution in [2.75, 3.05) is 5.32 Å². The topological polar surface area (TPSA) is 65.1 Å². The van der Waals surface area contributed by atoms with Crippen LogP contribution < -0.4 is 5.32 Å². The number of hydrogen-bond acceptors (Lipinski definition) is 1. The fourth-order valence-electron chi connectivity index (χ4n) is 1.31. The van der Waals surface area contributed by atoms with Crippen LogP contribution in [0.4, 0.5) is 10.5 Å². The van der Waals surface area contributed by atoms with E-state index < -0.39 is 6.09 Å². The third kappa shape index (κ3) is 1.52. The molecule has 0 bridgehead atoms. The molecule has 0 aliphatic carbocycles. The summed E-state index contributed by atoms with van der Waals surface area (Å²) in [4.78, 5) is 13.4. The second kappa shape index (κ2) is 3.23. The van der Waals surface area contributed by atoms with Gasteiger partial charge in [0, 0.05) is 22.1 Å². The number of aromatic amines is 1. The van der Waals surface area contributed by atoms with Crippen molar-refractivity contribution in [3.63, 3.8) is 0 Å². The summed E-state index contributed by atoms with van der Waals surface area (Å²) in [6.07, 6.45) is 0.501. The van der Waals surface area contributed by atoms with Crippen molar-refractivity contribution in [2.45, 2.75) is 0 Å². The van der Waals surface area contributed by atoms with Gasteiger partial charge in [0.2, 0.25) is 0 Å². The molecule has 0 saturated heterocycles. The molecule has 4 nitrogen and oxygen atoms in total. The number of aromatic nitrogens is 1. The van der Waals surface area contributed by atoms with Gasteiger partial charge in [-0.1, -0.05) is 11.6 Å². The van der Waals surface area contributed by atoms with Crippen LogP contribution in [0.1, 0.15) is 0 Å². The maximum absolute atomic E-state index is 10.4.